The van der Waals surface area contributed by atoms with E-state index >= 15 is 0 Å². The molecule has 0 aliphatic rings. The minimum Gasteiger partial charge on any atom is -0.433 e. The summed E-state index contributed by atoms with van der Waals surface area (Å²) in [7, 11) is 0. The van der Waals surface area contributed by atoms with Crippen molar-refractivity contribution in [1.82, 2.24) is 9.80 Å². The molecular weight excluding hydrogens is 560 g/mol. The molecule has 1 N–H and O–H groups in total. The van der Waals surface area contributed by atoms with Gasteiger partial charge >= 0.3 is 6.16 Å². The van der Waals surface area contributed by atoms with E-state index in [2.05, 4.69) is 44.4 Å². The highest BCUT2D eigenvalue weighted by Crippen LogP contribution is 2.22. The van der Waals surface area contributed by atoms with Crippen LogP contribution < -0.4 is 0 Å². The van der Waals surface area contributed by atoms with Gasteiger partial charge in [-0.3, -0.25) is 4.90 Å². The monoisotopic (exact) mass is 641 g/mol. The molecule has 0 radical (unpaired) electrons. The fourth-order valence-corrected chi connectivity index (χ4v) is 6.40. The van der Waals surface area contributed by atoms with E-state index in [1.54, 1.807) is 0 Å². The molecule has 0 aliphatic carbocycles. The smallest absolute Gasteiger partial charge is 0.433 e. The fraction of sp³-hybridized carbons (Fsp3) is 0.974. The first-order valence-electron chi connectivity index (χ1n) is 19.9. The molecule has 0 aromatic rings. The standard InChI is InChI=1S/C39H80N2O4/c1-6-11-15-18-19-20-23-29-38(28-22-17-13-8-3)45-39(43)44-36-34-41(33-35-42)32-31-40(10-5)30-24-27-37(25-14-9-4)26-21-16-12-7-2/h37-38,42H,6-36H2,1-5H3. The molecule has 0 amide bonds. The Bertz CT molecular complexity index is 606. The van der Waals surface area contributed by atoms with Gasteiger partial charge in [0.05, 0.1) is 6.61 Å². The van der Waals surface area contributed by atoms with E-state index in [0.717, 1.165) is 57.8 Å². The minimum atomic E-state index is -0.523. The third-order valence-corrected chi connectivity index (χ3v) is 9.51. The van der Waals surface area contributed by atoms with Crippen LogP contribution in [0.5, 0.6) is 0 Å². The summed E-state index contributed by atoms with van der Waals surface area (Å²) in [6, 6.07) is 0. The van der Waals surface area contributed by atoms with Gasteiger partial charge in [0.1, 0.15) is 12.7 Å². The van der Waals surface area contributed by atoms with E-state index in [1.807, 2.05) is 0 Å². The van der Waals surface area contributed by atoms with Crippen LogP contribution in [0.1, 0.15) is 182 Å². The Morgan fingerprint density at radius 2 is 1.02 bits per heavy atom. The van der Waals surface area contributed by atoms with Crippen molar-refractivity contribution in [1.29, 1.82) is 0 Å². The lowest BCUT2D eigenvalue weighted by Gasteiger charge is -2.27. The summed E-state index contributed by atoms with van der Waals surface area (Å²) in [6.45, 7) is 17.0. The molecule has 0 aromatic heterocycles. The number of unbranched alkanes of at least 4 members (excludes halogenated alkanes) is 13. The molecule has 270 valence electrons. The second-order valence-electron chi connectivity index (χ2n) is 13.6. The van der Waals surface area contributed by atoms with Crippen molar-refractivity contribution >= 4 is 6.16 Å². The summed E-state index contributed by atoms with van der Waals surface area (Å²) < 4.78 is 11.4. The molecule has 0 rings (SSSR count). The third kappa shape index (κ3) is 29.1. The first-order valence-corrected chi connectivity index (χ1v) is 19.9. The van der Waals surface area contributed by atoms with Crippen LogP contribution in [0.25, 0.3) is 0 Å². The average molecular weight is 641 g/mol. The number of likely N-dealkylation sites (N-methyl/N-ethyl adjacent to an activating group) is 1. The zero-order valence-electron chi connectivity index (χ0n) is 31.1. The average Bonchev–Trinajstić information content (AvgIpc) is 3.04. The summed E-state index contributed by atoms with van der Waals surface area (Å²) >= 11 is 0. The van der Waals surface area contributed by atoms with Gasteiger partial charge in [0, 0.05) is 26.2 Å². The fourth-order valence-electron chi connectivity index (χ4n) is 6.40. The number of aliphatic hydroxyl groups excluding tert-OH is 1. The summed E-state index contributed by atoms with van der Waals surface area (Å²) in [5.41, 5.74) is 0. The zero-order chi connectivity index (χ0) is 33.2. The molecule has 0 bridgehead atoms. The van der Waals surface area contributed by atoms with Gasteiger partial charge in [-0.25, -0.2) is 4.79 Å². The maximum absolute atomic E-state index is 12.6. The Balaban J connectivity index is 4.53. The van der Waals surface area contributed by atoms with E-state index in [9.17, 15) is 9.90 Å². The second-order valence-corrected chi connectivity index (χ2v) is 13.6. The number of hydrogen-bond acceptors (Lipinski definition) is 6. The molecule has 2 atom stereocenters. The van der Waals surface area contributed by atoms with Gasteiger partial charge in [-0.15, -0.1) is 0 Å². The van der Waals surface area contributed by atoms with Crippen molar-refractivity contribution in [3.8, 4) is 0 Å². The normalized spacial score (nSPS) is 13.1. The summed E-state index contributed by atoms with van der Waals surface area (Å²) in [6.07, 6.45) is 28.5. The molecule has 0 saturated carbocycles. The zero-order valence-corrected chi connectivity index (χ0v) is 31.1. The Hall–Kier alpha value is -0.850. The Kier molecular flexibility index (Phi) is 33.8. The Labute approximate surface area is 281 Å². The molecule has 6 heteroatoms. The molecule has 0 fully saturated rings. The van der Waals surface area contributed by atoms with Crippen LogP contribution in [0.2, 0.25) is 0 Å². The molecule has 0 saturated heterocycles. The van der Waals surface area contributed by atoms with Gasteiger partial charge in [-0.05, 0) is 57.5 Å². The number of nitrogens with zero attached hydrogens (tertiary/aromatic N) is 2. The van der Waals surface area contributed by atoms with Crippen molar-refractivity contribution < 1.29 is 19.4 Å². The lowest BCUT2D eigenvalue weighted by atomic mass is 9.91. The van der Waals surface area contributed by atoms with Gasteiger partial charge in [-0.2, -0.15) is 0 Å². The maximum Gasteiger partial charge on any atom is 0.508 e. The van der Waals surface area contributed by atoms with Crippen molar-refractivity contribution in [3.05, 3.63) is 0 Å². The predicted octanol–water partition coefficient (Wildman–Crippen LogP) is 10.8. The van der Waals surface area contributed by atoms with Gasteiger partial charge in [0.2, 0.25) is 0 Å². The topological polar surface area (TPSA) is 62.2 Å². The molecule has 0 aliphatic heterocycles. The summed E-state index contributed by atoms with van der Waals surface area (Å²) in [5, 5.41) is 9.66. The van der Waals surface area contributed by atoms with Gasteiger partial charge in [-0.1, -0.05) is 144 Å². The molecular formula is C39H80N2O4. The van der Waals surface area contributed by atoms with Crippen LogP contribution in [0.4, 0.5) is 4.79 Å². The van der Waals surface area contributed by atoms with Gasteiger partial charge in [0.15, 0.2) is 0 Å². The van der Waals surface area contributed by atoms with E-state index in [-0.39, 0.29) is 12.7 Å². The number of ether oxygens (including phenoxy) is 2. The number of hydrogen-bond donors (Lipinski definition) is 1. The molecule has 6 nitrogen and oxygen atoms in total. The Morgan fingerprint density at radius 1 is 0.533 bits per heavy atom. The third-order valence-electron chi connectivity index (χ3n) is 9.51. The maximum atomic E-state index is 12.6. The first kappa shape index (κ1) is 44.1. The predicted molar refractivity (Wildman–Crippen MR) is 194 cm³/mol. The highest BCUT2D eigenvalue weighted by Gasteiger charge is 2.17. The highest BCUT2D eigenvalue weighted by atomic mass is 16.7. The van der Waals surface area contributed by atoms with Crippen molar-refractivity contribution in [2.75, 3.05) is 52.5 Å². The minimum absolute atomic E-state index is 0.0328. The van der Waals surface area contributed by atoms with Crippen LogP contribution >= 0.6 is 0 Å². The quantitative estimate of drug-likeness (QED) is 0.0549. The van der Waals surface area contributed by atoms with E-state index < -0.39 is 6.16 Å². The number of aliphatic hydroxyl groups is 1. The molecule has 45 heavy (non-hydrogen) atoms. The van der Waals surface area contributed by atoms with Crippen LogP contribution in [-0.2, 0) is 9.47 Å². The Morgan fingerprint density at radius 3 is 1.60 bits per heavy atom. The van der Waals surface area contributed by atoms with Crippen molar-refractivity contribution in [2.45, 2.75) is 188 Å². The number of carbonyl (C=O) groups excluding carboxylic acids is 1. The first-order chi connectivity index (χ1) is 22.0. The van der Waals surface area contributed by atoms with E-state index in [4.69, 9.17) is 9.47 Å². The molecule has 0 aromatic carbocycles. The molecule has 2 unspecified atom stereocenters. The highest BCUT2D eigenvalue weighted by molar-refractivity contribution is 5.60. The van der Waals surface area contributed by atoms with E-state index in [0.29, 0.717) is 19.7 Å². The lowest BCUT2D eigenvalue weighted by molar-refractivity contribution is 0.0110. The van der Waals surface area contributed by atoms with Crippen LogP contribution in [-0.4, -0.2) is 79.6 Å². The van der Waals surface area contributed by atoms with Crippen LogP contribution in [0, 0.1) is 5.92 Å². The number of rotatable bonds is 35. The largest absolute Gasteiger partial charge is 0.508 e. The van der Waals surface area contributed by atoms with Crippen molar-refractivity contribution in [2.24, 2.45) is 5.92 Å². The van der Waals surface area contributed by atoms with Crippen LogP contribution in [0.15, 0.2) is 0 Å². The molecule has 0 heterocycles. The lowest BCUT2D eigenvalue weighted by Crippen LogP contribution is -2.39. The second kappa shape index (κ2) is 34.5. The molecule has 0 spiro atoms. The number of carbonyl (C=O) groups is 1. The van der Waals surface area contributed by atoms with E-state index in [1.165, 1.54) is 122 Å². The van der Waals surface area contributed by atoms with Crippen LogP contribution in [0.3, 0.4) is 0 Å². The summed E-state index contributed by atoms with van der Waals surface area (Å²) in [5.74, 6) is 0.884. The SMILES string of the molecule is CCCCCCCCCC(CCCCCC)OC(=O)OCCN(CCO)CCN(CC)CCCC(CCCC)CCCCCC. The van der Waals surface area contributed by atoms with Gasteiger partial charge < -0.3 is 19.5 Å². The van der Waals surface area contributed by atoms with Gasteiger partial charge in [0.25, 0.3) is 0 Å². The summed E-state index contributed by atoms with van der Waals surface area (Å²) in [4.78, 5) is 17.4. The van der Waals surface area contributed by atoms with Crippen molar-refractivity contribution in [3.63, 3.8) is 0 Å².